The molecule has 0 fully saturated rings. The van der Waals surface area contributed by atoms with E-state index in [4.69, 9.17) is 14.8 Å². The summed E-state index contributed by atoms with van der Waals surface area (Å²) in [5, 5.41) is 21.1. The third-order valence-electron chi connectivity index (χ3n) is 3.81. The smallest absolute Gasteiger partial charge is 0.457 e. The van der Waals surface area contributed by atoms with E-state index in [9.17, 15) is 4.79 Å². The highest BCUT2D eigenvalue weighted by atomic mass is 16.5. The van der Waals surface area contributed by atoms with Crippen molar-refractivity contribution in [2.75, 3.05) is 0 Å². The van der Waals surface area contributed by atoms with Gasteiger partial charge in [0, 0.05) is 12.1 Å². The zero-order valence-electron chi connectivity index (χ0n) is 14.0. The van der Waals surface area contributed by atoms with Crippen molar-refractivity contribution in [2.45, 2.75) is 6.54 Å². The Labute approximate surface area is 152 Å². The van der Waals surface area contributed by atoms with Gasteiger partial charge in [-0.15, -0.1) is 0 Å². The second-order valence-corrected chi connectivity index (χ2v) is 5.74. The van der Waals surface area contributed by atoms with Crippen LogP contribution >= 0.6 is 0 Å². The lowest BCUT2D eigenvalue weighted by Gasteiger charge is -2.09. The first-order valence-electron chi connectivity index (χ1n) is 8.18. The van der Waals surface area contributed by atoms with Crippen LogP contribution in [0.3, 0.4) is 0 Å². The molecule has 0 spiro atoms. The molecule has 26 heavy (non-hydrogen) atoms. The molecular formula is C20H18BNO4. The fraction of sp³-hybridized carbons (Fsp3) is 0.0500. The molecule has 3 rings (SSSR count). The molecule has 3 aromatic carbocycles. The van der Waals surface area contributed by atoms with Crippen LogP contribution in [0.2, 0.25) is 0 Å². The average Bonchev–Trinajstić information content (AvgIpc) is 2.67. The maximum Gasteiger partial charge on any atom is 0.488 e. The maximum absolute atomic E-state index is 12.3. The van der Waals surface area contributed by atoms with E-state index >= 15 is 0 Å². The maximum atomic E-state index is 12.3. The Morgan fingerprint density at radius 1 is 0.885 bits per heavy atom. The van der Waals surface area contributed by atoms with Crippen molar-refractivity contribution in [1.82, 2.24) is 5.32 Å². The third kappa shape index (κ3) is 4.72. The fourth-order valence-electron chi connectivity index (χ4n) is 2.43. The van der Waals surface area contributed by atoms with Gasteiger partial charge in [0.2, 0.25) is 0 Å². The summed E-state index contributed by atoms with van der Waals surface area (Å²) in [5.41, 5.74) is 1.91. The Morgan fingerprint density at radius 2 is 1.62 bits per heavy atom. The van der Waals surface area contributed by atoms with Crippen molar-refractivity contribution >= 4 is 18.5 Å². The predicted molar refractivity (Wildman–Crippen MR) is 100 cm³/mol. The largest absolute Gasteiger partial charge is 0.488 e. The van der Waals surface area contributed by atoms with Gasteiger partial charge in [-0.3, -0.25) is 4.79 Å². The lowest BCUT2D eigenvalue weighted by molar-refractivity contribution is 0.0950. The second kappa shape index (κ2) is 8.33. The van der Waals surface area contributed by atoms with Gasteiger partial charge in [-0.1, -0.05) is 48.5 Å². The van der Waals surface area contributed by atoms with Crippen LogP contribution in [0.15, 0.2) is 78.9 Å². The van der Waals surface area contributed by atoms with Gasteiger partial charge in [0.15, 0.2) is 0 Å². The standard InChI is InChI=1S/C20H18BNO4/c23-20(22-14-15-5-2-1-3-6-15)16-7-4-8-19(13-16)26-18-11-9-17(10-12-18)21(24)25/h1-13,24-25H,14H2,(H,22,23). The molecule has 0 aliphatic carbocycles. The minimum absolute atomic E-state index is 0.182. The number of carbonyl (C=O) groups is 1. The molecule has 1 amide bonds. The summed E-state index contributed by atoms with van der Waals surface area (Å²) in [6.07, 6.45) is 0. The summed E-state index contributed by atoms with van der Waals surface area (Å²) in [5.74, 6) is 0.879. The number of hydrogen-bond donors (Lipinski definition) is 3. The number of amides is 1. The van der Waals surface area contributed by atoms with Gasteiger partial charge in [0.25, 0.3) is 5.91 Å². The van der Waals surface area contributed by atoms with Crippen LogP contribution in [-0.4, -0.2) is 23.1 Å². The summed E-state index contributed by atoms with van der Waals surface area (Å²) >= 11 is 0. The molecule has 0 aliphatic rings. The Hall–Kier alpha value is -3.09. The van der Waals surface area contributed by atoms with Crippen LogP contribution in [-0.2, 0) is 6.54 Å². The lowest BCUT2D eigenvalue weighted by Crippen LogP contribution is -2.29. The molecule has 130 valence electrons. The number of hydrogen-bond acceptors (Lipinski definition) is 4. The summed E-state index contributed by atoms with van der Waals surface area (Å²) < 4.78 is 5.72. The highest BCUT2D eigenvalue weighted by Gasteiger charge is 2.11. The molecule has 0 atom stereocenters. The zero-order chi connectivity index (χ0) is 18.4. The Balaban J connectivity index is 1.64. The molecule has 3 aromatic rings. The van der Waals surface area contributed by atoms with Gasteiger partial charge in [0.1, 0.15) is 11.5 Å². The molecule has 6 heteroatoms. The molecule has 3 N–H and O–H groups in total. The quantitative estimate of drug-likeness (QED) is 0.597. The summed E-state index contributed by atoms with van der Waals surface area (Å²) in [6.45, 7) is 0.454. The van der Waals surface area contributed by atoms with E-state index in [-0.39, 0.29) is 5.91 Å². The minimum atomic E-state index is -1.51. The average molecular weight is 347 g/mol. The number of nitrogens with one attached hydrogen (secondary N) is 1. The first-order chi connectivity index (χ1) is 12.6. The number of benzene rings is 3. The topological polar surface area (TPSA) is 78.8 Å². The number of carbonyl (C=O) groups excluding carboxylic acids is 1. The molecular weight excluding hydrogens is 329 g/mol. The molecule has 0 unspecified atom stereocenters. The lowest BCUT2D eigenvalue weighted by atomic mass is 9.80. The first-order valence-corrected chi connectivity index (χ1v) is 8.18. The van der Waals surface area contributed by atoms with Crippen LogP contribution in [0.4, 0.5) is 0 Å². The Kier molecular flexibility index (Phi) is 5.68. The van der Waals surface area contributed by atoms with Crippen LogP contribution in [0, 0.1) is 0 Å². The summed E-state index contributed by atoms with van der Waals surface area (Å²) in [6, 6.07) is 23.0. The van der Waals surface area contributed by atoms with Crippen molar-refractivity contribution in [2.24, 2.45) is 0 Å². The van der Waals surface area contributed by atoms with Gasteiger partial charge in [-0.2, -0.15) is 0 Å². The van der Waals surface area contributed by atoms with Crippen LogP contribution in [0.25, 0.3) is 0 Å². The van der Waals surface area contributed by atoms with Gasteiger partial charge in [-0.25, -0.2) is 0 Å². The Bertz CT molecular complexity index is 866. The van der Waals surface area contributed by atoms with E-state index in [1.54, 1.807) is 48.5 Å². The van der Waals surface area contributed by atoms with Crippen molar-refractivity contribution in [3.63, 3.8) is 0 Å². The highest BCUT2D eigenvalue weighted by Crippen LogP contribution is 2.21. The fourth-order valence-corrected chi connectivity index (χ4v) is 2.43. The monoisotopic (exact) mass is 347 g/mol. The molecule has 0 aromatic heterocycles. The molecule has 0 bridgehead atoms. The van der Waals surface area contributed by atoms with Gasteiger partial charge >= 0.3 is 7.12 Å². The van der Waals surface area contributed by atoms with E-state index < -0.39 is 7.12 Å². The molecule has 0 aliphatic heterocycles. The summed E-state index contributed by atoms with van der Waals surface area (Å²) in [4.78, 5) is 12.3. The van der Waals surface area contributed by atoms with Crippen LogP contribution < -0.4 is 15.5 Å². The number of ether oxygens (including phenoxy) is 1. The zero-order valence-corrected chi connectivity index (χ0v) is 14.0. The SMILES string of the molecule is O=C(NCc1ccccc1)c1cccc(Oc2ccc(B(O)O)cc2)c1. The van der Waals surface area contributed by atoms with Crippen LogP contribution in [0.5, 0.6) is 11.5 Å². The summed E-state index contributed by atoms with van der Waals surface area (Å²) in [7, 11) is -1.51. The van der Waals surface area contributed by atoms with Crippen molar-refractivity contribution in [3.8, 4) is 11.5 Å². The van der Waals surface area contributed by atoms with Crippen molar-refractivity contribution in [3.05, 3.63) is 90.0 Å². The molecule has 0 saturated carbocycles. The van der Waals surface area contributed by atoms with Crippen LogP contribution in [0.1, 0.15) is 15.9 Å². The molecule has 0 radical (unpaired) electrons. The minimum Gasteiger partial charge on any atom is -0.457 e. The molecule has 0 saturated heterocycles. The highest BCUT2D eigenvalue weighted by molar-refractivity contribution is 6.58. The van der Waals surface area contributed by atoms with E-state index in [0.29, 0.717) is 29.1 Å². The van der Waals surface area contributed by atoms with E-state index in [0.717, 1.165) is 5.56 Å². The first kappa shape index (κ1) is 17.7. The van der Waals surface area contributed by atoms with E-state index in [1.807, 2.05) is 30.3 Å². The third-order valence-corrected chi connectivity index (χ3v) is 3.81. The van der Waals surface area contributed by atoms with Gasteiger partial charge in [0.05, 0.1) is 0 Å². The number of rotatable bonds is 6. The predicted octanol–water partition coefficient (Wildman–Crippen LogP) is 2.09. The Morgan fingerprint density at radius 3 is 2.31 bits per heavy atom. The normalized spacial score (nSPS) is 10.2. The van der Waals surface area contributed by atoms with Crippen molar-refractivity contribution < 1.29 is 19.6 Å². The molecule has 5 nitrogen and oxygen atoms in total. The van der Waals surface area contributed by atoms with E-state index in [2.05, 4.69) is 5.32 Å². The van der Waals surface area contributed by atoms with Gasteiger partial charge in [-0.05, 0) is 41.4 Å². The van der Waals surface area contributed by atoms with E-state index in [1.165, 1.54) is 0 Å². The second-order valence-electron chi connectivity index (χ2n) is 5.74. The molecule has 0 heterocycles. The van der Waals surface area contributed by atoms with Crippen molar-refractivity contribution in [1.29, 1.82) is 0 Å². The van der Waals surface area contributed by atoms with Gasteiger partial charge < -0.3 is 20.1 Å².